The summed E-state index contributed by atoms with van der Waals surface area (Å²) in [5.74, 6) is 1.08. The van der Waals surface area contributed by atoms with Gasteiger partial charge in [-0.2, -0.15) is 5.10 Å². The van der Waals surface area contributed by atoms with Gasteiger partial charge in [0, 0.05) is 11.8 Å². The number of carbonyl (C=O) groups excluding carboxylic acids is 1. The first kappa shape index (κ1) is 15.8. The Morgan fingerprint density at radius 1 is 1.12 bits per heavy atom. The van der Waals surface area contributed by atoms with Crippen LogP contribution < -0.4 is 4.74 Å². The van der Waals surface area contributed by atoms with Gasteiger partial charge >= 0.3 is 0 Å². The third-order valence-corrected chi connectivity index (χ3v) is 4.90. The van der Waals surface area contributed by atoms with E-state index in [0.29, 0.717) is 35.0 Å². The monoisotopic (exact) mass is 335 g/mol. The molecule has 1 aliphatic rings. The van der Waals surface area contributed by atoms with Crippen LogP contribution in [0.2, 0.25) is 0 Å². The summed E-state index contributed by atoms with van der Waals surface area (Å²) < 4.78 is 6.17. The average Bonchev–Trinajstić information content (AvgIpc) is 3.16. The number of hydrogen-bond acceptors (Lipinski definition) is 4. The highest BCUT2D eigenvalue weighted by molar-refractivity contribution is 6.12. The molecule has 128 valence electrons. The van der Waals surface area contributed by atoms with Crippen molar-refractivity contribution in [2.75, 3.05) is 6.61 Å². The van der Waals surface area contributed by atoms with E-state index in [9.17, 15) is 4.79 Å². The first-order valence-corrected chi connectivity index (χ1v) is 8.87. The van der Waals surface area contributed by atoms with Gasteiger partial charge < -0.3 is 4.74 Å². The zero-order valence-electron chi connectivity index (χ0n) is 14.1. The molecule has 1 N–H and O–H groups in total. The van der Waals surface area contributed by atoms with Gasteiger partial charge in [0.1, 0.15) is 5.75 Å². The summed E-state index contributed by atoms with van der Waals surface area (Å²) in [6, 6.07) is 9.24. The van der Waals surface area contributed by atoms with E-state index in [-0.39, 0.29) is 5.78 Å². The van der Waals surface area contributed by atoms with Crippen LogP contribution in [0.25, 0.3) is 11.0 Å². The fourth-order valence-electron chi connectivity index (χ4n) is 3.49. The quantitative estimate of drug-likeness (QED) is 0.711. The maximum absolute atomic E-state index is 12.9. The van der Waals surface area contributed by atoms with Crippen molar-refractivity contribution in [2.45, 2.75) is 32.1 Å². The first-order chi connectivity index (χ1) is 12.3. The Labute approximate surface area is 146 Å². The number of nitrogens with one attached hydrogen (secondary N) is 1. The number of pyridine rings is 1. The SMILES string of the molecule is O=C(c1ccccc1)c1cnc2[nH]ncc2c1OCC1CCCCC1. The third kappa shape index (κ3) is 3.27. The second kappa shape index (κ2) is 7.05. The minimum atomic E-state index is -0.0742. The largest absolute Gasteiger partial charge is 0.492 e. The predicted molar refractivity (Wildman–Crippen MR) is 95.8 cm³/mol. The molecule has 1 fully saturated rings. The highest BCUT2D eigenvalue weighted by Crippen LogP contribution is 2.31. The van der Waals surface area contributed by atoms with Gasteiger partial charge in [0.25, 0.3) is 0 Å². The number of ether oxygens (including phenoxy) is 1. The van der Waals surface area contributed by atoms with E-state index in [0.717, 1.165) is 5.39 Å². The van der Waals surface area contributed by atoms with Crippen molar-refractivity contribution >= 4 is 16.8 Å². The van der Waals surface area contributed by atoms with Gasteiger partial charge in [-0.05, 0) is 18.8 Å². The maximum atomic E-state index is 12.9. The molecule has 0 amide bonds. The molecule has 0 aliphatic heterocycles. The van der Waals surface area contributed by atoms with Crippen LogP contribution in [-0.4, -0.2) is 27.6 Å². The van der Waals surface area contributed by atoms with Crippen molar-refractivity contribution in [3.63, 3.8) is 0 Å². The molecule has 5 heteroatoms. The van der Waals surface area contributed by atoms with E-state index < -0.39 is 0 Å². The zero-order valence-corrected chi connectivity index (χ0v) is 14.1. The molecule has 4 rings (SSSR count). The molecule has 1 saturated carbocycles. The van der Waals surface area contributed by atoms with Crippen molar-refractivity contribution in [3.05, 3.63) is 53.9 Å². The lowest BCUT2D eigenvalue weighted by Crippen LogP contribution is -2.17. The molecule has 25 heavy (non-hydrogen) atoms. The molecule has 2 heterocycles. The number of benzene rings is 1. The highest BCUT2D eigenvalue weighted by atomic mass is 16.5. The Bertz CT molecular complexity index is 867. The van der Waals surface area contributed by atoms with Crippen LogP contribution in [0.4, 0.5) is 0 Å². The number of hydrogen-bond donors (Lipinski definition) is 1. The molecule has 0 unspecified atom stereocenters. The van der Waals surface area contributed by atoms with E-state index in [1.54, 1.807) is 12.4 Å². The van der Waals surface area contributed by atoms with Crippen molar-refractivity contribution in [1.29, 1.82) is 0 Å². The lowest BCUT2D eigenvalue weighted by molar-refractivity contribution is 0.103. The van der Waals surface area contributed by atoms with Crippen LogP contribution in [0.1, 0.15) is 48.0 Å². The molecule has 0 saturated heterocycles. The molecular weight excluding hydrogens is 314 g/mol. The second-order valence-corrected chi connectivity index (χ2v) is 6.64. The Hall–Kier alpha value is -2.69. The summed E-state index contributed by atoms with van der Waals surface area (Å²) >= 11 is 0. The standard InChI is InChI=1S/C20H21N3O2/c24-18(15-9-5-2-6-10-15)16-11-21-20-17(12-22-23-20)19(16)25-13-14-7-3-1-4-8-14/h2,5-6,9-12,14H,1,3-4,7-8,13H2,(H,21,22,23). The van der Waals surface area contributed by atoms with E-state index in [2.05, 4.69) is 15.2 Å². The van der Waals surface area contributed by atoms with Crippen molar-refractivity contribution in [3.8, 4) is 5.75 Å². The molecule has 1 aliphatic carbocycles. The summed E-state index contributed by atoms with van der Waals surface area (Å²) in [6.07, 6.45) is 9.51. The van der Waals surface area contributed by atoms with Crippen molar-refractivity contribution in [2.24, 2.45) is 5.92 Å². The van der Waals surface area contributed by atoms with Gasteiger partial charge in [-0.1, -0.05) is 49.6 Å². The van der Waals surface area contributed by atoms with Crippen LogP contribution in [-0.2, 0) is 0 Å². The normalized spacial score (nSPS) is 15.4. The Morgan fingerprint density at radius 3 is 2.72 bits per heavy atom. The van der Waals surface area contributed by atoms with Gasteiger partial charge in [0.2, 0.25) is 0 Å². The topological polar surface area (TPSA) is 67.9 Å². The van der Waals surface area contributed by atoms with Gasteiger partial charge in [-0.15, -0.1) is 0 Å². The lowest BCUT2D eigenvalue weighted by Gasteiger charge is -2.22. The number of fused-ring (bicyclic) bond motifs is 1. The van der Waals surface area contributed by atoms with E-state index in [1.165, 1.54) is 32.1 Å². The minimum absolute atomic E-state index is 0.0742. The van der Waals surface area contributed by atoms with E-state index >= 15 is 0 Å². The van der Waals surface area contributed by atoms with Crippen LogP contribution in [0.15, 0.2) is 42.7 Å². The minimum Gasteiger partial charge on any atom is -0.492 e. The fraction of sp³-hybridized carbons (Fsp3) is 0.350. The molecule has 1 aromatic carbocycles. The fourth-order valence-corrected chi connectivity index (χ4v) is 3.49. The lowest BCUT2D eigenvalue weighted by atomic mass is 9.90. The van der Waals surface area contributed by atoms with Gasteiger partial charge in [0.05, 0.1) is 23.8 Å². The Balaban J connectivity index is 1.67. The molecule has 0 atom stereocenters. The molecular formula is C20H21N3O2. The Morgan fingerprint density at radius 2 is 1.92 bits per heavy atom. The van der Waals surface area contributed by atoms with E-state index in [4.69, 9.17) is 4.74 Å². The third-order valence-electron chi connectivity index (χ3n) is 4.90. The maximum Gasteiger partial charge on any atom is 0.198 e. The summed E-state index contributed by atoms with van der Waals surface area (Å²) in [7, 11) is 0. The number of ketones is 1. The Kier molecular flexibility index (Phi) is 4.46. The molecule has 0 spiro atoms. The molecule has 0 radical (unpaired) electrons. The van der Waals surface area contributed by atoms with Crippen molar-refractivity contribution < 1.29 is 9.53 Å². The smallest absolute Gasteiger partial charge is 0.198 e. The van der Waals surface area contributed by atoms with Crippen LogP contribution in [0, 0.1) is 5.92 Å². The predicted octanol–water partition coefficient (Wildman–Crippen LogP) is 4.15. The highest BCUT2D eigenvalue weighted by Gasteiger charge is 2.21. The molecule has 5 nitrogen and oxygen atoms in total. The van der Waals surface area contributed by atoms with Crippen LogP contribution >= 0.6 is 0 Å². The molecule has 3 aromatic rings. The van der Waals surface area contributed by atoms with Crippen LogP contribution in [0.5, 0.6) is 5.75 Å². The number of H-pyrrole nitrogens is 1. The number of rotatable bonds is 5. The van der Waals surface area contributed by atoms with E-state index in [1.807, 2.05) is 30.3 Å². The number of aromatic amines is 1. The molecule has 0 bridgehead atoms. The zero-order chi connectivity index (χ0) is 17.1. The second-order valence-electron chi connectivity index (χ2n) is 6.64. The summed E-state index contributed by atoms with van der Waals surface area (Å²) in [6.45, 7) is 0.638. The number of aromatic nitrogens is 3. The first-order valence-electron chi connectivity index (χ1n) is 8.87. The summed E-state index contributed by atoms with van der Waals surface area (Å²) in [4.78, 5) is 17.3. The summed E-state index contributed by atoms with van der Waals surface area (Å²) in [5.41, 5.74) is 1.77. The number of carbonyl (C=O) groups is 1. The number of nitrogens with zero attached hydrogens (tertiary/aromatic N) is 2. The van der Waals surface area contributed by atoms with Gasteiger partial charge in [0.15, 0.2) is 11.4 Å². The average molecular weight is 335 g/mol. The molecule has 2 aromatic heterocycles. The summed E-state index contributed by atoms with van der Waals surface area (Å²) in [5, 5.41) is 7.66. The van der Waals surface area contributed by atoms with Crippen LogP contribution in [0.3, 0.4) is 0 Å². The van der Waals surface area contributed by atoms with Gasteiger partial charge in [-0.25, -0.2) is 4.98 Å². The van der Waals surface area contributed by atoms with Crippen molar-refractivity contribution in [1.82, 2.24) is 15.2 Å². The van der Waals surface area contributed by atoms with Gasteiger partial charge in [-0.3, -0.25) is 9.89 Å².